The first-order valence-corrected chi connectivity index (χ1v) is 7.40. The van der Waals surface area contributed by atoms with E-state index in [0.29, 0.717) is 5.92 Å². The molecule has 6 nitrogen and oxygen atoms in total. The highest BCUT2D eigenvalue weighted by atomic mass is 35.5. The van der Waals surface area contributed by atoms with Crippen LogP contribution in [-0.2, 0) is 4.74 Å². The van der Waals surface area contributed by atoms with E-state index in [0.717, 1.165) is 51.6 Å². The van der Waals surface area contributed by atoms with Crippen molar-refractivity contribution >= 4 is 17.3 Å². The van der Waals surface area contributed by atoms with Gasteiger partial charge in [0, 0.05) is 39.3 Å². The maximum atomic E-state index is 11.5. The lowest BCUT2D eigenvalue weighted by Gasteiger charge is -2.36. The molecule has 2 fully saturated rings. The molecule has 3 rings (SSSR count). The van der Waals surface area contributed by atoms with Crippen LogP contribution in [-0.4, -0.2) is 61.0 Å². The zero-order valence-corrected chi connectivity index (χ0v) is 12.1. The fraction of sp³-hybridized carbons (Fsp3) is 0.692. The molecule has 1 atom stereocenters. The topological polar surface area (TPSA) is 61.5 Å². The highest BCUT2D eigenvalue weighted by Crippen LogP contribution is 2.22. The maximum Gasteiger partial charge on any atom is 0.285 e. The smallest absolute Gasteiger partial charge is 0.285 e. The Bertz CT molecular complexity index is 507. The summed E-state index contributed by atoms with van der Waals surface area (Å²) < 4.78 is 5.42. The first-order chi connectivity index (χ1) is 9.74. The van der Waals surface area contributed by atoms with E-state index in [9.17, 15) is 4.79 Å². The second-order valence-electron chi connectivity index (χ2n) is 5.42. The summed E-state index contributed by atoms with van der Waals surface area (Å²) in [5, 5.41) is 6.41. The summed E-state index contributed by atoms with van der Waals surface area (Å²) in [5.74, 6) is 0.673. The van der Waals surface area contributed by atoms with E-state index in [1.165, 1.54) is 6.42 Å². The Labute approximate surface area is 122 Å². The van der Waals surface area contributed by atoms with E-state index in [2.05, 4.69) is 20.0 Å². The zero-order chi connectivity index (χ0) is 13.9. The molecule has 2 aliphatic heterocycles. The van der Waals surface area contributed by atoms with Gasteiger partial charge in [-0.3, -0.25) is 9.69 Å². The van der Waals surface area contributed by atoms with Gasteiger partial charge in [0.05, 0.1) is 18.5 Å². The number of halogens is 1. The molecule has 0 spiro atoms. The molecule has 0 aromatic carbocycles. The predicted molar refractivity (Wildman–Crippen MR) is 77.4 cm³/mol. The number of aromatic amines is 1. The first-order valence-electron chi connectivity index (χ1n) is 7.02. The van der Waals surface area contributed by atoms with Crippen LogP contribution in [0.15, 0.2) is 11.0 Å². The summed E-state index contributed by atoms with van der Waals surface area (Å²) in [5.41, 5.74) is 0.411. The number of H-pyrrole nitrogens is 1. The zero-order valence-electron chi connectivity index (χ0n) is 11.3. The number of aromatic nitrogens is 2. The lowest BCUT2D eigenvalue weighted by molar-refractivity contribution is 0.164. The van der Waals surface area contributed by atoms with Crippen LogP contribution in [0.1, 0.15) is 6.42 Å². The van der Waals surface area contributed by atoms with Crippen molar-refractivity contribution < 1.29 is 4.74 Å². The van der Waals surface area contributed by atoms with Crippen LogP contribution in [0.4, 0.5) is 5.69 Å². The van der Waals surface area contributed by atoms with E-state index < -0.39 is 0 Å². The van der Waals surface area contributed by atoms with Crippen LogP contribution in [0.25, 0.3) is 0 Å². The Morgan fingerprint density at radius 2 is 2.20 bits per heavy atom. The highest BCUT2D eigenvalue weighted by Gasteiger charge is 2.24. The Morgan fingerprint density at radius 3 is 2.90 bits per heavy atom. The molecule has 2 saturated heterocycles. The summed E-state index contributed by atoms with van der Waals surface area (Å²) in [7, 11) is 0. The number of nitrogens with one attached hydrogen (secondary N) is 1. The first kappa shape index (κ1) is 13.9. The van der Waals surface area contributed by atoms with E-state index >= 15 is 0 Å². The number of ether oxygens (including phenoxy) is 1. The molecule has 7 heteroatoms. The molecule has 20 heavy (non-hydrogen) atoms. The van der Waals surface area contributed by atoms with Crippen LogP contribution in [0.5, 0.6) is 0 Å². The van der Waals surface area contributed by atoms with Crippen molar-refractivity contribution in [1.29, 1.82) is 0 Å². The molecule has 1 aromatic heterocycles. The molecule has 0 saturated carbocycles. The van der Waals surface area contributed by atoms with E-state index in [4.69, 9.17) is 16.3 Å². The summed E-state index contributed by atoms with van der Waals surface area (Å²) in [4.78, 5) is 16.1. The van der Waals surface area contributed by atoms with Gasteiger partial charge in [0.1, 0.15) is 5.02 Å². The SMILES string of the molecule is O=c1[nH]ncc(N2CCN(CC3CCOC3)CC2)c1Cl. The van der Waals surface area contributed by atoms with Gasteiger partial charge >= 0.3 is 0 Å². The Balaban J connectivity index is 1.58. The fourth-order valence-corrected chi connectivity index (χ4v) is 3.07. The van der Waals surface area contributed by atoms with Gasteiger partial charge in [-0.2, -0.15) is 5.10 Å². The maximum absolute atomic E-state index is 11.5. The summed E-state index contributed by atoms with van der Waals surface area (Å²) >= 11 is 6.04. The fourth-order valence-electron chi connectivity index (χ4n) is 2.86. The lowest BCUT2D eigenvalue weighted by Crippen LogP contribution is -2.48. The van der Waals surface area contributed by atoms with Crippen molar-refractivity contribution in [2.45, 2.75) is 6.42 Å². The van der Waals surface area contributed by atoms with Crippen molar-refractivity contribution in [3.05, 3.63) is 21.6 Å². The third kappa shape index (κ3) is 2.97. The Kier molecular flexibility index (Phi) is 4.24. The highest BCUT2D eigenvalue weighted by molar-refractivity contribution is 6.32. The molecular formula is C13H19ClN4O2. The van der Waals surface area contributed by atoms with Gasteiger partial charge in [-0.1, -0.05) is 11.6 Å². The monoisotopic (exact) mass is 298 g/mol. The van der Waals surface area contributed by atoms with Gasteiger partial charge in [0.2, 0.25) is 0 Å². The third-order valence-electron chi connectivity index (χ3n) is 4.03. The largest absolute Gasteiger partial charge is 0.381 e. The van der Waals surface area contributed by atoms with Gasteiger partial charge < -0.3 is 9.64 Å². The van der Waals surface area contributed by atoms with E-state index in [1.807, 2.05) is 0 Å². The average molecular weight is 299 g/mol. The number of hydrogen-bond acceptors (Lipinski definition) is 5. The molecule has 0 bridgehead atoms. The van der Waals surface area contributed by atoms with Crippen molar-refractivity contribution in [1.82, 2.24) is 15.1 Å². The molecule has 2 aliphatic rings. The molecule has 1 N–H and O–H groups in total. The quantitative estimate of drug-likeness (QED) is 0.884. The molecule has 0 amide bonds. The number of rotatable bonds is 3. The van der Waals surface area contributed by atoms with Crippen molar-refractivity contribution in [2.75, 3.05) is 50.8 Å². The summed E-state index contributed by atoms with van der Waals surface area (Å²) in [6.45, 7) is 6.62. The van der Waals surface area contributed by atoms with E-state index in [1.54, 1.807) is 6.20 Å². The summed E-state index contributed by atoms with van der Waals surface area (Å²) in [6, 6.07) is 0. The van der Waals surface area contributed by atoms with Gasteiger partial charge in [-0.05, 0) is 12.3 Å². The number of anilines is 1. The van der Waals surface area contributed by atoms with Crippen molar-refractivity contribution in [3.8, 4) is 0 Å². The lowest BCUT2D eigenvalue weighted by atomic mass is 10.1. The molecule has 0 aliphatic carbocycles. The Morgan fingerprint density at radius 1 is 1.40 bits per heavy atom. The molecule has 1 aromatic rings. The van der Waals surface area contributed by atoms with Gasteiger partial charge in [-0.25, -0.2) is 5.10 Å². The molecule has 3 heterocycles. The average Bonchev–Trinajstić information content (AvgIpc) is 2.96. The molecule has 0 radical (unpaired) electrons. The minimum Gasteiger partial charge on any atom is -0.381 e. The number of hydrogen-bond donors (Lipinski definition) is 1. The van der Waals surface area contributed by atoms with Crippen molar-refractivity contribution in [2.24, 2.45) is 5.92 Å². The van der Waals surface area contributed by atoms with Crippen LogP contribution in [0.3, 0.4) is 0 Å². The standard InChI is InChI=1S/C13H19ClN4O2/c14-12-11(7-15-16-13(12)19)18-4-2-17(3-5-18)8-10-1-6-20-9-10/h7,10H,1-6,8-9H2,(H,16,19). The number of piperazine rings is 1. The molecular weight excluding hydrogens is 280 g/mol. The molecule has 1 unspecified atom stereocenters. The predicted octanol–water partition coefficient (Wildman–Crippen LogP) is 0.582. The van der Waals surface area contributed by atoms with Crippen LogP contribution < -0.4 is 10.5 Å². The van der Waals surface area contributed by atoms with Gasteiger partial charge in [-0.15, -0.1) is 0 Å². The van der Waals surface area contributed by atoms with Gasteiger partial charge in [0.25, 0.3) is 5.56 Å². The normalized spacial score (nSPS) is 24.2. The van der Waals surface area contributed by atoms with Crippen LogP contribution in [0, 0.1) is 5.92 Å². The molecule has 110 valence electrons. The van der Waals surface area contributed by atoms with E-state index in [-0.39, 0.29) is 10.6 Å². The Hall–Kier alpha value is -1.11. The van der Waals surface area contributed by atoms with Gasteiger partial charge in [0.15, 0.2) is 0 Å². The van der Waals surface area contributed by atoms with Crippen molar-refractivity contribution in [3.63, 3.8) is 0 Å². The van der Waals surface area contributed by atoms with Crippen LogP contribution in [0.2, 0.25) is 5.02 Å². The second-order valence-corrected chi connectivity index (χ2v) is 5.79. The second kappa shape index (κ2) is 6.11. The minimum atomic E-state index is -0.324. The van der Waals surface area contributed by atoms with Crippen LogP contribution >= 0.6 is 11.6 Å². The number of nitrogens with zero attached hydrogens (tertiary/aromatic N) is 3. The minimum absolute atomic E-state index is 0.234. The third-order valence-corrected chi connectivity index (χ3v) is 4.40. The summed E-state index contributed by atoms with van der Waals surface area (Å²) in [6.07, 6.45) is 2.80.